The molecule has 0 spiro atoms. The molecule has 1 amide bonds. The fourth-order valence-corrected chi connectivity index (χ4v) is 2.21. The Morgan fingerprint density at radius 3 is 2.46 bits per heavy atom. The summed E-state index contributed by atoms with van der Waals surface area (Å²) in [6.07, 6.45) is -0.894. The maximum Gasteiger partial charge on any atom is 0.417 e. The van der Waals surface area contributed by atoms with Crippen molar-refractivity contribution in [1.29, 1.82) is 0 Å². The molecular formula is C15H10FIN2O5. The van der Waals surface area contributed by atoms with E-state index in [1.165, 1.54) is 30.3 Å². The topological polar surface area (TPSA) is 94.1 Å². The Bertz CT molecular complexity index is 795. The molecule has 0 aliphatic carbocycles. The van der Waals surface area contributed by atoms with Gasteiger partial charge in [0.05, 0.1) is 21.9 Å². The summed E-state index contributed by atoms with van der Waals surface area (Å²) in [6, 6.07) is 7.75. The van der Waals surface area contributed by atoms with Crippen molar-refractivity contribution in [3.63, 3.8) is 0 Å². The highest BCUT2D eigenvalue weighted by atomic mass is 127. The van der Waals surface area contributed by atoms with Crippen LogP contribution in [0.25, 0.3) is 0 Å². The van der Waals surface area contributed by atoms with Crippen LogP contribution in [0.2, 0.25) is 0 Å². The van der Waals surface area contributed by atoms with Crippen LogP contribution < -0.4 is 10.1 Å². The smallest absolute Gasteiger partial charge is 0.417 e. The number of hydrogen-bond donors (Lipinski definition) is 1. The second kappa shape index (κ2) is 7.81. The summed E-state index contributed by atoms with van der Waals surface area (Å²) in [4.78, 5) is 33.9. The molecule has 0 saturated carbocycles. The Morgan fingerprint density at radius 2 is 1.88 bits per heavy atom. The zero-order valence-corrected chi connectivity index (χ0v) is 14.4. The van der Waals surface area contributed by atoms with Gasteiger partial charge in [-0.1, -0.05) is 0 Å². The molecule has 0 bridgehead atoms. The lowest BCUT2D eigenvalue weighted by Gasteiger charge is -2.11. The van der Waals surface area contributed by atoms with Crippen LogP contribution in [0.15, 0.2) is 41.6 Å². The Hall–Kier alpha value is -2.56. The minimum absolute atomic E-state index is 0.0452. The second-order valence-corrected chi connectivity index (χ2v) is 5.57. The third-order valence-electron chi connectivity index (χ3n) is 2.86. The molecule has 0 heterocycles. The number of ether oxygens (including phenoxy) is 2. The van der Waals surface area contributed by atoms with Crippen molar-refractivity contribution in [3.05, 3.63) is 56.3 Å². The lowest BCUT2D eigenvalue weighted by Crippen LogP contribution is -2.19. The highest BCUT2D eigenvalue weighted by Gasteiger charge is 2.18. The monoisotopic (exact) mass is 444 g/mol. The van der Waals surface area contributed by atoms with Gasteiger partial charge in [-0.25, -0.2) is 14.0 Å². The summed E-state index contributed by atoms with van der Waals surface area (Å²) >= 11 is 1.72. The summed E-state index contributed by atoms with van der Waals surface area (Å²) in [6.45, 7) is 0. The van der Waals surface area contributed by atoms with Gasteiger partial charge < -0.3 is 9.47 Å². The van der Waals surface area contributed by atoms with E-state index < -0.39 is 17.9 Å². The number of nitrogens with zero attached hydrogens (tertiary/aromatic N) is 1. The number of anilines is 1. The summed E-state index contributed by atoms with van der Waals surface area (Å²) in [5, 5.41) is 5.08. The quantitative estimate of drug-likeness (QED) is 0.433. The van der Waals surface area contributed by atoms with Gasteiger partial charge >= 0.3 is 12.1 Å². The number of nitroso groups, excluding NO2 is 1. The van der Waals surface area contributed by atoms with E-state index in [0.717, 1.165) is 13.2 Å². The molecule has 1 N–H and O–H groups in total. The zero-order valence-electron chi connectivity index (χ0n) is 12.2. The van der Waals surface area contributed by atoms with Crippen molar-refractivity contribution in [2.45, 2.75) is 0 Å². The molecule has 0 aliphatic heterocycles. The highest BCUT2D eigenvalue weighted by molar-refractivity contribution is 14.1. The fourth-order valence-electron chi connectivity index (χ4n) is 1.75. The van der Waals surface area contributed by atoms with E-state index in [9.17, 15) is 18.9 Å². The lowest BCUT2D eigenvalue weighted by molar-refractivity contribution is 0.0601. The van der Waals surface area contributed by atoms with Gasteiger partial charge in [-0.05, 0) is 64.2 Å². The average Bonchev–Trinajstić information content (AvgIpc) is 2.57. The Morgan fingerprint density at radius 1 is 1.21 bits per heavy atom. The Balaban J connectivity index is 2.19. The number of methoxy groups -OCH3 is 1. The molecule has 0 radical (unpaired) electrons. The number of benzene rings is 2. The molecule has 0 atom stereocenters. The van der Waals surface area contributed by atoms with Crippen LogP contribution in [0, 0.1) is 14.3 Å². The van der Waals surface area contributed by atoms with Crippen LogP contribution in [-0.4, -0.2) is 19.2 Å². The Labute approximate surface area is 149 Å². The predicted octanol–water partition coefficient (Wildman–Crippen LogP) is 4.23. The number of hydrogen-bond acceptors (Lipinski definition) is 6. The first-order chi connectivity index (χ1) is 11.4. The second-order valence-electron chi connectivity index (χ2n) is 4.40. The number of halogens is 2. The van der Waals surface area contributed by atoms with Gasteiger partial charge in [0, 0.05) is 0 Å². The van der Waals surface area contributed by atoms with Crippen molar-refractivity contribution in [1.82, 2.24) is 0 Å². The lowest BCUT2D eigenvalue weighted by atomic mass is 10.1. The van der Waals surface area contributed by atoms with E-state index >= 15 is 0 Å². The number of carbonyl (C=O) groups is 2. The molecule has 2 rings (SSSR count). The van der Waals surface area contributed by atoms with E-state index in [4.69, 9.17) is 4.74 Å². The summed E-state index contributed by atoms with van der Waals surface area (Å²) in [5.41, 5.74) is 0.0838. The SMILES string of the molecule is COC(=O)c1cc(F)c(I)cc1NC(=O)Oc1ccc(N=O)cc1. The Kier molecular flexibility index (Phi) is 5.79. The van der Waals surface area contributed by atoms with Crippen LogP contribution >= 0.6 is 22.6 Å². The van der Waals surface area contributed by atoms with E-state index in [2.05, 4.69) is 15.2 Å². The third-order valence-corrected chi connectivity index (χ3v) is 3.68. The van der Waals surface area contributed by atoms with E-state index in [0.29, 0.717) is 0 Å². The minimum atomic E-state index is -0.894. The van der Waals surface area contributed by atoms with Crippen LogP contribution in [0.1, 0.15) is 10.4 Å². The standard InChI is InChI=1S/C15H10FIN2O5/c1-23-14(20)10-6-11(16)12(17)7-13(10)18-15(21)24-9-4-2-8(19-22)3-5-9/h2-7H,1H3,(H,18,21). The largest absolute Gasteiger partial charge is 0.465 e. The van der Waals surface area contributed by atoms with E-state index in [1.54, 1.807) is 22.6 Å². The molecule has 9 heteroatoms. The third kappa shape index (κ3) is 4.25. The fraction of sp³-hybridized carbons (Fsp3) is 0.0667. The van der Waals surface area contributed by atoms with Gasteiger partial charge in [-0.2, -0.15) is 0 Å². The molecule has 124 valence electrons. The number of rotatable bonds is 4. The van der Waals surface area contributed by atoms with Crippen molar-refractivity contribution in [3.8, 4) is 5.75 Å². The normalized spacial score (nSPS) is 9.96. The average molecular weight is 444 g/mol. The summed E-state index contributed by atoms with van der Waals surface area (Å²) in [5.74, 6) is -1.26. The van der Waals surface area contributed by atoms with E-state index in [1.807, 2.05) is 0 Å². The van der Waals surface area contributed by atoms with Gasteiger partial charge in [0.15, 0.2) is 0 Å². The molecule has 0 aliphatic rings. The first kappa shape index (κ1) is 17.8. The van der Waals surface area contributed by atoms with Crippen LogP contribution in [0.3, 0.4) is 0 Å². The number of amides is 1. The molecule has 0 saturated heterocycles. The molecule has 24 heavy (non-hydrogen) atoms. The van der Waals surface area contributed by atoms with Crippen molar-refractivity contribution >= 4 is 46.0 Å². The molecule has 7 nitrogen and oxygen atoms in total. The number of esters is 1. The maximum absolute atomic E-state index is 13.6. The van der Waals surface area contributed by atoms with E-state index in [-0.39, 0.29) is 26.3 Å². The number of nitrogens with one attached hydrogen (secondary N) is 1. The van der Waals surface area contributed by atoms with Gasteiger partial charge in [0.2, 0.25) is 0 Å². The molecule has 2 aromatic rings. The van der Waals surface area contributed by atoms with Gasteiger partial charge in [0.1, 0.15) is 17.3 Å². The summed E-state index contributed by atoms with van der Waals surface area (Å²) < 4.78 is 23.4. The van der Waals surface area contributed by atoms with Crippen LogP contribution in [0.5, 0.6) is 5.75 Å². The first-order valence-electron chi connectivity index (χ1n) is 6.44. The van der Waals surface area contributed by atoms with Crippen molar-refractivity contribution in [2.24, 2.45) is 5.18 Å². The molecule has 2 aromatic carbocycles. The van der Waals surface area contributed by atoms with Gasteiger partial charge in [0.25, 0.3) is 0 Å². The van der Waals surface area contributed by atoms with Gasteiger partial charge in [-0.15, -0.1) is 4.91 Å². The number of carbonyl (C=O) groups excluding carboxylic acids is 2. The molecule has 0 aromatic heterocycles. The molecule has 0 fully saturated rings. The molecular weight excluding hydrogens is 434 g/mol. The van der Waals surface area contributed by atoms with Crippen molar-refractivity contribution in [2.75, 3.05) is 12.4 Å². The maximum atomic E-state index is 13.6. The van der Waals surface area contributed by atoms with Crippen LogP contribution in [0.4, 0.5) is 20.6 Å². The first-order valence-corrected chi connectivity index (χ1v) is 7.52. The predicted molar refractivity (Wildman–Crippen MR) is 92.0 cm³/mol. The van der Waals surface area contributed by atoms with Crippen molar-refractivity contribution < 1.29 is 23.5 Å². The minimum Gasteiger partial charge on any atom is -0.465 e. The van der Waals surface area contributed by atoms with Gasteiger partial charge in [-0.3, -0.25) is 5.32 Å². The molecule has 0 unspecified atom stereocenters. The zero-order chi connectivity index (χ0) is 17.7. The summed E-state index contributed by atoms with van der Waals surface area (Å²) in [7, 11) is 1.14. The van der Waals surface area contributed by atoms with Crippen LogP contribution in [-0.2, 0) is 4.74 Å². The highest BCUT2D eigenvalue weighted by Crippen LogP contribution is 2.24.